The molecular formula is C22H31N3O4. The first-order valence-electron chi connectivity index (χ1n) is 10.8. The molecular weight excluding hydrogens is 370 g/mol. The third kappa shape index (κ3) is 3.54. The zero-order valence-corrected chi connectivity index (χ0v) is 17.2. The van der Waals surface area contributed by atoms with Gasteiger partial charge in [-0.2, -0.15) is 0 Å². The summed E-state index contributed by atoms with van der Waals surface area (Å²) in [5.41, 5.74) is 0.791. The Morgan fingerprint density at radius 3 is 2.52 bits per heavy atom. The van der Waals surface area contributed by atoms with E-state index in [9.17, 15) is 4.79 Å². The van der Waals surface area contributed by atoms with Crippen LogP contribution in [0, 0.1) is 0 Å². The number of fused-ring (bicyclic) bond motifs is 2. The van der Waals surface area contributed by atoms with Crippen LogP contribution in [0.2, 0.25) is 0 Å². The fraction of sp³-hybridized carbons (Fsp3) is 0.682. The molecule has 4 fully saturated rings. The van der Waals surface area contributed by atoms with Crippen molar-refractivity contribution in [3.8, 4) is 5.75 Å². The van der Waals surface area contributed by atoms with Crippen molar-refractivity contribution >= 4 is 5.91 Å². The van der Waals surface area contributed by atoms with Gasteiger partial charge in [0, 0.05) is 57.5 Å². The largest absolute Gasteiger partial charge is 0.497 e. The van der Waals surface area contributed by atoms with Gasteiger partial charge in [-0.1, -0.05) is 0 Å². The Hall–Kier alpha value is -1.67. The van der Waals surface area contributed by atoms with E-state index in [-0.39, 0.29) is 17.5 Å². The molecule has 1 aromatic rings. The monoisotopic (exact) mass is 401 g/mol. The Bertz CT molecular complexity index is 728. The summed E-state index contributed by atoms with van der Waals surface area (Å²) >= 11 is 0. The van der Waals surface area contributed by atoms with Gasteiger partial charge in [0.05, 0.1) is 31.9 Å². The average Bonchev–Trinajstić information content (AvgIpc) is 2.77. The second-order valence-corrected chi connectivity index (χ2v) is 8.81. The van der Waals surface area contributed by atoms with E-state index >= 15 is 0 Å². The van der Waals surface area contributed by atoms with E-state index < -0.39 is 0 Å². The van der Waals surface area contributed by atoms with Gasteiger partial charge in [-0.3, -0.25) is 14.6 Å². The summed E-state index contributed by atoms with van der Waals surface area (Å²) in [5, 5.41) is 0. The number of benzene rings is 1. The van der Waals surface area contributed by atoms with Crippen LogP contribution in [0.25, 0.3) is 0 Å². The van der Waals surface area contributed by atoms with Crippen LogP contribution in [0.3, 0.4) is 0 Å². The number of morpholine rings is 1. The number of hydrogen-bond donors (Lipinski definition) is 0. The Balaban J connectivity index is 1.33. The quantitative estimate of drug-likeness (QED) is 0.756. The first-order valence-corrected chi connectivity index (χ1v) is 10.8. The molecule has 0 aromatic heterocycles. The molecule has 0 bridgehead atoms. The molecule has 29 heavy (non-hydrogen) atoms. The summed E-state index contributed by atoms with van der Waals surface area (Å²) in [6, 6.07) is 8.37. The minimum Gasteiger partial charge on any atom is -0.497 e. The molecule has 0 unspecified atom stereocenters. The van der Waals surface area contributed by atoms with Gasteiger partial charge < -0.3 is 19.1 Å². The molecule has 158 valence electrons. The Morgan fingerprint density at radius 1 is 1.03 bits per heavy atom. The molecule has 1 aromatic carbocycles. The van der Waals surface area contributed by atoms with E-state index in [1.807, 2.05) is 24.3 Å². The molecule has 4 heterocycles. The number of amides is 1. The lowest BCUT2D eigenvalue weighted by Crippen LogP contribution is -2.81. The van der Waals surface area contributed by atoms with Gasteiger partial charge in [-0.05, 0) is 37.1 Å². The summed E-state index contributed by atoms with van der Waals surface area (Å²) in [6.45, 7) is 7.84. The minimum absolute atomic E-state index is 0.0626. The maximum atomic E-state index is 13.3. The number of nitrogens with zero attached hydrogens (tertiary/aromatic N) is 3. The Morgan fingerprint density at radius 2 is 1.79 bits per heavy atom. The van der Waals surface area contributed by atoms with Crippen molar-refractivity contribution in [2.75, 3.05) is 66.3 Å². The molecule has 0 aliphatic carbocycles. The van der Waals surface area contributed by atoms with E-state index in [1.165, 1.54) is 0 Å². The van der Waals surface area contributed by atoms with Gasteiger partial charge >= 0.3 is 0 Å². The molecule has 5 rings (SSSR count). The lowest BCUT2D eigenvalue weighted by atomic mass is 9.80. The van der Waals surface area contributed by atoms with E-state index in [1.54, 1.807) is 7.11 Å². The van der Waals surface area contributed by atoms with E-state index in [0.717, 1.165) is 76.7 Å². The third-order valence-corrected chi connectivity index (χ3v) is 7.08. The van der Waals surface area contributed by atoms with Crippen molar-refractivity contribution in [3.63, 3.8) is 0 Å². The molecule has 4 saturated heterocycles. The number of rotatable bonds is 3. The molecule has 7 heteroatoms. The number of hydrogen-bond acceptors (Lipinski definition) is 6. The molecule has 0 N–H and O–H groups in total. The summed E-state index contributed by atoms with van der Waals surface area (Å²) in [6.07, 6.45) is 2.24. The first-order chi connectivity index (χ1) is 14.2. The van der Waals surface area contributed by atoms with Gasteiger partial charge in [0.2, 0.25) is 0 Å². The molecule has 7 nitrogen and oxygen atoms in total. The zero-order chi connectivity index (χ0) is 19.8. The molecule has 4 aliphatic rings. The van der Waals surface area contributed by atoms with Gasteiger partial charge in [0.25, 0.3) is 5.91 Å². The fourth-order valence-corrected chi connectivity index (χ4v) is 5.57. The van der Waals surface area contributed by atoms with Crippen molar-refractivity contribution in [3.05, 3.63) is 29.8 Å². The summed E-state index contributed by atoms with van der Waals surface area (Å²) in [4.78, 5) is 20.6. The lowest BCUT2D eigenvalue weighted by molar-refractivity contribution is -0.171. The number of likely N-dealkylation sites (tertiary alicyclic amines) is 1. The van der Waals surface area contributed by atoms with Crippen LogP contribution in [0.5, 0.6) is 5.75 Å². The second kappa shape index (κ2) is 7.87. The van der Waals surface area contributed by atoms with E-state index in [2.05, 4.69) is 14.7 Å². The van der Waals surface area contributed by atoms with Crippen LogP contribution in [0.4, 0.5) is 0 Å². The maximum absolute atomic E-state index is 13.3. The Labute approximate surface area is 172 Å². The van der Waals surface area contributed by atoms with Crippen LogP contribution in [-0.2, 0) is 9.47 Å². The molecule has 0 radical (unpaired) electrons. The van der Waals surface area contributed by atoms with E-state index in [4.69, 9.17) is 14.2 Å². The minimum atomic E-state index is 0.0626. The fourth-order valence-electron chi connectivity index (χ4n) is 5.57. The first kappa shape index (κ1) is 19.3. The molecule has 4 aliphatic heterocycles. The number of carbonyl (C=O) groups is 1. The highest BCUT2D eigenvalue weighted by atomic mass is 16.5. The molecule has 1 amide bonds. The lowest BCUT2D eigenvalue weighted by Gasteiger charge is -2.64. The van der Waals surface area contributed by atoms with Crippen molar-refractivity contribution in [1.29, 1.82) is 0 Å². The highest BCUT2D eigenvalue weighted by molar-refractivity contribution is 5.94. The van der Waals surface area contributed by atoms with Crippen LogP contribution in [0.15, 0.2) is 24.3 Å². The third-order valence-electron chi connectivity index (χ3n) is 7.08. The number of piperazine rings is 1. The number of methoxy groups -OCH3 is 1. The standard InChI is InChI=1S/C22H31N3O4/c1-27-20-4-2-17(3-5-20)21(26)23-12-19-13-29-11-8-25(19)22(14-23)15-24(16-22)18-6-9-28-10-7-18/h2-5,18-19H,6-16H2,1H3/t19-/m1/s1. The highest BCUT2D eigenvalue weighted by Crippen LogP contribution is 2.38. The van der Waals surface area contributed by atoms with Gasteiger partial charge in [-0.15, -0.1) is 0 Å². The van der Waals surface area contributed by atoms with E-state index in [0.29, 0.717) is 12.6 Å². The number of ether oxygens (including phenoxy) is 3. The Kier molecular flexibility index (Phi) is 5.24. The smallest absolute Gasteiger partial charge is 0.253 e. The predicted octanol–water partition coefficient (Wildman–Crippen LogP) is 1.09. The molecule has 0 saturated carbocycles. The topological polar surface area (TPSA) is 54.5 Å². The SMILES string of the molecule is COc1ccc(C(=O)N2C[C@@H]3COCCN3C3(C2)CN(C2CCOCC2)C3)cc1. The predicted molar refractivity (Wildman–Crippen MR) is 108 cm³/mol. The average molecular weight is 402 g/mol. The van der Waals surface area contributed by atoms with Crippen molar-refractivity contribution in [2.45, 2.75) is 30.5 Å². The second-order valence-electron chi connectivity index (χ2n) is 8.81. The summed E-state index contributed by atoms with van der Waals surface area (Å²) in [7, 11) is 1.64. The number of carbonyl (C=O) groups excluding carboxylic acids is 1. The maximum Gasteiger partial charge on any atom is 0.253 e. The van der Waals surface area contributed by atoms with Crippen molar-refractivity contribution in [1.82, 2.24) is 14.7 Å². The van der Waals surface area contributed by atoms with Crippen LogP contribution in [0.1, 0.15) is 23.2 Å². The normalized spacial score (nSPS) is 28.0. The van der Waals surface area contributed by atoms with Gasteiger partial charge in [0.1, 0.15) is 5.75 Å². The zero-order valence-electron chi connectivity index (χ0n) is 17.2. The summed E-state index contributed by atoms with van der Waals surface area (Å²) in [5.74, 6) is 0.886. The van der Waals surface area contributed by atoms with Crippen LogP contribution in [-0.4, -0.2) is 104 Å². The van der Waals surface area contributed by atoms with Gasteiger partial charge in [-0.25, -0.2) is 0 Å². The van der Waals surface area contributed by atoms with Crippen molar-refractivity contribution in [2.24, 2.45) is 0 Å². The highest BCUT2D eigenvalue weighted by Gasteiger charge is 2.56. The van der Waals surface area contributed by atoms with Crippen LogP contribution < -0.4 is 4.74 Å². The summed E-state index contributed by atoms with van der Waals surface area (Å²) < 4.78 is 16.6. The van der Waals surface area contributed by atoms with Crippen molar-refractivity contribution < 1.29 is 19.0 Å². The van der Waals surface area contributed by atoms with Gasteiger partial charge in [0.15, 0.2) is 0 Å². The van der Waals surface area contributed by atoms with Crippen LogP contribution >= 0.6 is 0 Å². The molecule has 1 spiro atoms. The molecule has 1 atom stereocenters.